The quantitative estimate of drug-likeness (QED) is 0.398. The summed E-state index contributed by atoms with van der Waals surface area (Å²) in [6, 6.07) is 15.1. The van der Waals surface area contributed by atoms with Crippen LogP contribution in [0.1, 0.15) is 52.7 Å². The third-order valence-corrected chi connectivity index (χ3v) is 4.60. The number of aliphatic imine (C=N–C) groups is 1. The molecule has 2 rings (SSSR count). The van der Waals surface area contributed by atoms with Crippen LogP contribution in [0.3, 0.4) is 0 Å². The molecular formula is C22H29ClN2. The molecule has 0 spiro atoms. The van der Waals surface area contributed by atoms with Crippen molar-refractivity contribution < 1.29 is 0 Å². The highest BCUT2D eigenvalue weighted by Gasteiger charge is 2.17. The van der Waals surface area contributed by atoms with Crippen molar-refractivity contribution in [2.45, 2.75) is 52.4 Å². The van der Waals surface area contributed by atoms with Crippen molar-refractivity contribution in [1.82, 2.24) is 0 Å². The second kappa shape index (κ2) is 7.21. The van der Waals surface area contributed by atoms with Crippen LogP contribution < -0.4 is 5.73 Å². The summed E-state index contributed by atoms with van der Waals surface area (Å²) in [5, 5.41) is 0. The molecular weight excluding hydrogens is 328 g/mol. The number of halogens is 1. The van der Waals surface area contributed by atoms with Crippen molar-refractivity contribution in [2.75, 3.05) is 5.88 Å². The molecule has 0 atom stereocenters. The molecule has 0 heterocycles. The summed E-state index contributed by atoms with van der Waals surface area (Å²) >= 11 is 5.85. The summed E-state index contributed by atoms with van der Waals surface area (Å²) in [4.78, 5) is 4.56. The van der Waals surface area contributed by atoms with Crippen LogP contribution in [0.15, 0.2) is 47.5 Å². The summed E-state index contributed by atoms with van der Waals surface area (Å²) in [6.45, 7) is 13.2. The zero-order chi connectivity index (χ0) is 18.8. The average Bonchev–Trinajstić information content (AvgIpc) is 2.53. The van der Waals surface area contributed by atoms with Crippen LogP contribution in [-0.4, -0.2) is 11.7 Å². The Hall–Kier alpha value is -1.80. The first-order chi connectivity index (χ1) is 11.5. The van der Waals surface area contributed by atoms with Gasteiger partial charge in [-0.3, -0.25) is 0 Å². The molecule has 0 amide bonds. The third-order valence-electron chi connectivity index (χ3n) is 4.33. The standard InChI is InChI=1S/C22H29ClN2/c1-21(2,3)16-9-7-15(8-10-16)18-12-11-17(22(4,5)6)13-19(18)25-20(24)14-23/h7-13H,14H2,1-6H3,(H2,24,25). The van der Waals surface area contributed by atoms with Crippen LogP contribution >= 0.6 is 11.6 Å². The van der Waals surface area contributed by atoms with Crippen LogP contribution in [-0.2, 0) is 10.8 Å². The maximum atomic E-state index is 5.91. The SMILES string of the molecule is CC(C)(C)c1ccc(-c2ccc(C(C)(C)C)cc2N=C(N)CCl)cc1. The van der Waals surface area contributed by atoms with E-state index in [1.807, 2.05) is 0 Å². The fourth-order valence-electron chi connectivity index (χ4n) is 2.67. The Morgan fingerprint density at radius 2 is 1.40 bits per heavy atom. The number of amidine groups is 1. The summed E-state index contributed by atoms with van der Waals surface area (Å²) in [5.41, 5.74) is 11.7. The maximum Gasteiger partial charge on any atom is 0.115 e. The second-order valence-corrected chi connectivity index (χ2v) is 8.81. The van der Waals surface area contributed by atoms with Gasteiger partial charge in [0.15, 0.2) is 0 Å². The summed E-state index contributed by atoms with van der Waals surface area (Å²) in [6.07, 6.45) is 0. The Balaban J connectivity index is 2.56. The zero-order valence-corrected chi connectivity index (χ0v) is 16.9. The lowest BCUT2D eigenvalue weighted by Gasteiger charge is -2.21. The fraction of sp³-hybridized carbons (Fsp3) is 0.409. The largest absolute Gasteiger partial charge is 0.386 e. The van der Waals surface area contributed by atoms with Gasteiger partial charge in [0, 0.05) is 5.56 Å². The smallest absolute Gasteiger partial charge is 0.115 e. The topological polar surface area (TPSA) is 38.4 Å². The van der Waals surface area contributed by atoms with Gasteiger partial charge in [-0.05, 0) is 33.6 Å². The van der Waals surface area contributed by atoms with Crippen molar-refractivity contribution in [2.24, 2.45) is 10.7 Å². The molecule has 0 saturated heterocycles. The van der Waals surface area contributed by atoms with Crippen LogP contribution in [0.4, 0.5) is 5.69 Å². The van der Waals surface area contributed by atoms with Gasteiger partial charge in [0.1, 0.15) is 5.84 Å². The second-order valence-electron chi connectivity index (χ2n) is 8.55. The highest BCUT2D eigenvalue weighted by molar-refractivity contribution is 6.28. The Kier molecular flexibility index (Phi) is 5.63. The first kappa shape index (κ1) is 19.5. The molecule has 0 bridgehead atoms. The highest BCUT2D eigenvalue weighted by Crippen LogP contribution is 2.36. The normalized spacial score (nSPS) is 13.2. The molecule has 134 valence electrons. The van der Waals surface area contributed by atoms with Gasteiger partial charge >= 0.3 is 0 Å². The molecule has 0 aliphatic carbocycles. The van der Waals surface area contributed by atoms with Crippen LogP contribution in [0.2, 0.25) is 0 Å². The van der Waals surface area contributed by atoms with Gasteiger partial charge in [-0.1, -0.05) is 77.9 Å². The molecule has 0 aliphatic heterocycles. The molecule has 0 unspecified atom stereocenters. The van der Waals surface area contributed by atoms with Crippen molar-refractivity contribution in [3.05, 3.63) is 53.6 Å². The van der Waals surface area contributed by atoms with E-state index >= 15 is 0 Å². The molecule has 0 saturated carbocycles. The molecule has 0 aliphatic rings. The molecule has 2 nitrogen and oxygen atoms in total. The monoisotopic (exact) mass is 356 g/mol. The third kappa shape index (κ3) is 4.85. The first-order valence-corrected chi connectivity index (χ1v) is 9.20. The van der Waals surface area contributed by atoms with Gasteiger partial charge in [-0.25, -0.2) is 4.99 Å². The number of benzene rings is 2. The van der Waals surface area contributed by atoms with Gasteiger partial charge in [0.2, 0.25) is 0 Å². The average molecular weight is 357 g/mol. The maximum absolute atomic E-state index is 5.91. The minimum absolute atomic E-state index is 0.0502. The van der Waals surface area contributed by atoms with E-state index in [1.54, 1.807) is 0 Å². The summed E-state index contributed by atoms with van der Waals surface area (Å²) in [5.74, 6) is 0.655. The Bertz CT molecular complexity index is 760. The number of hydrogen-bond acceptors (Lipinski definition) is 1. The molecule has 0 fully saturated rings. The fourth-order valence-corrected chi connectivity index (χ4v) is 2.73. The molecule has 2 aromatic carbocycles. The molecule has 0 radical (unpaired) electrons. The number of nitrogens with two attached hydrogens (primary N) is 1. The van der Waals surface area contributed by atoms with E-state index in [0.29, 0.717) is 5.84 Å². The van der Waals surface area contributed by atoms with Crippen molar-refractivity contribution in [3.8, 4) is 11.1 Å². The highest BCUT2D eigenvalue weighted by atomic mass is 35.5. The van der Waals surface area contributed by atoms with E-state index < -0.39 is 0 Å². The molecule has 25 heavy (non-hydrogen) atoms. The number of alkyl halides is 1. The molecule has 0 aromatic heterocycles. The minimum Gasteiger partial charge on any atom is -0.386 e. The van der Waals surface area contributed by atoms with Crippen molar-refractivity contribution in [1.29, 1.82) is 0 Å². The van der Waals surface area contributed by atoms with Crippen LogP contribution in [0.25, 0.3) is 11.1 Å². The van der Waals surface area contributed by atoms with Crippen LogP contribution in [0, 0.1) is 0 Å². The van der Waals surface area contributed by atoms with Crippen LogP contribution in [0.5, 0.6) is 0 Å². The zero-order valence-electron chi connectivity index (χ0n) is 16.2. The number of hydrogen-bond donors (Lipinski definition) is 1. The minimum atomic E-state index is 0.0502. The number of rotatable bonds is 3. The lowest BCUT2D eigenvalue weighted by Crippen LogP contribution is -2.13. The van der Waals surface area contributed by atoms with E-state index in [0.717, 1.165) is 16.8 Å². The predicted octanol–water partition coefficient (Wildman–Crippen LogP) is 6.18. The van der Waals surface area contributed by atoms with E-state index in [1.165, 1.54) is 11.1 Å². The summed E-state index contributed by atoms with van der Waals surface area (Å²) in [7, 11) is 0. The first-order valence-electron chi connectivity index (χ1n) is 8.67. The van der Waals surface area contributed by atoms with Crippen molar-refractivity contribution in [3.63, 3.8) is 0 Å². The lowest BCUT2D eigenvalue weighted by atomic mass is 9.84. The Morgan fingerprint density at radius 1 is 0.880 bits per heavy atom. The summed E-state index contributed by atoms with van der Waals surface area (Å²) < 4.78 is 0. The van der Waals surface area contributed by atoms with Gasteiger partial charge in [-0.15, -0.1) is 11.6 Å². The molecule has 3 heteroatoms. The number of nitrogens with zero attached hydrogens (tertiary/aromatic N) is 1. The van der Waals surface area contributed by atoms with Crippen molar-refractivity contribution >= 4 is 23.1 Å². The van der Waals surface area contributed by atoms with Gasteiger partial charge < -0.3 is 5.73 Å². The predicted molar refractivity (Wildman–Crippen MR) is 111 cm³/mol. The van der Waals surface area contributed by atoms with Gasteiger partial charge in [-0.2, -0.15) is 0 Å². The van der Waals surface area contributed by atoms with E-state index in [4.69, 9.17) is 17.3 Å². The Labute approximate surface area is 157 Å². The lowest BCUT2D eigenvalue weighted by molar-refractivity contribution is 0.590. The van der Waals surface area contributed by atoms with Gasteiger partial charge in [0.25, 0.3) is 0 Å². The molecule has 2 N–H and O–H groups in total. The van der Waals surface area contributed by atoms with Gasteiger partial charge in [0.05, 0.1) is 11.6 Å². The van der Waals surface area contributed by atoms with E-state index in [2.05, 4.69) is 89.0 Å². The Morgan fingerprint density at radius 3 is 1.88 bits per heavy atom. The molecule has 2 aromatic rings. The van der Waals surface area contributed by atoms with E-state index in [-0.39, 0.29) is 16.7 Å². The van der Waals surface area contributed by atoms with E-state index in [9.17, 15) is 0 Å².